The Balaban J connectivity index is 3.09. The number of methoxy groups -OCH3 is 1. The Morgan fingerprint density at radius 3 is 2.73 bits per heavy atom. The van der Waals surface area contributed by atoms with Crippen molar-refractivity contribution in [1.82, 2.24) is 5.32 Å². The van der Waals surface area contributed by atoms with Gasteiger partial charge >= 0.3 is 0 Å². The van der Waals surface area contributed by atoms with Crippen molar-refractivity contribution in [3.05, 3.63) is 23.8 Å². The Kier molecular flexibility index (Phi) is 3.68. The summed E-state index contributed by atoms with van der Waals surface area (Å²) in [7, 11) is 3.03. The van der Waals surface area contributed by atoms with E-state index in [4.69, 9.17) is 4.74 Å². The van der Waals surface area contributed by atoms with Gasteiger partial charge in [-0.05, 0) is 18.2 Å². The van der Waals surface area contributed by atoms with Crippen LogP contribution in [0.5, 0.6) is 5.75 Å². The molecule has 80 valence electrons. The molecule has 0 spiro atoms. The number of carbonyl (C=O) groups excluding carboxylic acids is 2. The van der Waals surface area contributed by atoms with Gasteiger partial charge < -0.3 is 15.4 Å². The number of rotatable bonds is 4. The minimum Gasteiger partial charge on any atom is -0.495 e. The lowest BCUT2D eigenvalue weighted by Gasteiger charge is -2.08. The van der Waals surface area contributed by atoms with Gasteiger partial charge in [-0.15, -0.1) is 0 Å². The Morgan fingerprint density at radius 2 is 2.20 bits per heavy atom. The molecule has 2 N–H and O–H groups in total. The monoisotopic (exact) mass is 208 g/mol. The number of ether oxygens (including phenoxy) is 1. The second-order valence-electron chi connectivity index (χ2n) is 2.76. The third-order valence-electron chi connectivity index (χ3n) is 1.90. The number of benzene rings is 1. The Labute approximate surface area is 87.4 Å². The van der Waals surface area contributed by atoms with Crippen LogP contribution in [0.25, 0.3) is 0 Å². The molecule has 5 nitrogen and oxygen atoms in total. The molecule has 2 amide bonds. The highest BCUT2D eigenvalue weighted by Gasteiger charge is 2.07. The SMILES string of the molecule is CNC(=O)c1ccc(OC)c(NC=O)c1. The maximum absolute atomic E-state index is 11.3. The van der Waals surface area contributed by atoms with Crippen LogP contribution in [0.3, 0.4) is 0 Å². The molecule has 0 aromatic heterocycles. The first-order chi connectivity index (χ1) is 7.22. The molecule has 1 rings (SSSR count). The van der Waals surface area contributed by atoms with Crippen LogP contribution >= 0.6 is 0 Å². The van der Waals surface area contributed by atoms with Gasteiger partial charge in [-0.2, -0.15) is 0 Å². The zero-order valence-electron chi connectivity index (χ0n) is 8.53. The van der Waals surface area contributed by atoms with E-state index in [-0.39, 0.29) is 5.91 Å². The van der Waals surface area contributed by atoms with Crippen molar-refractivity contribution in [2.24, 2.45) is 0 Å². The zero-order chi connectivity index (χ0) is 11.3. The summed E-state index contributed by atoms with van der Waals surface area (Å²) < 4.78 is 5.01. The molecule has 0 atom stereocenters. The van der Waals surface area contributed by atoms with Crippen LogP contribution in [0, 0.1) is 0 Å². The molecular weight excluding hydrogens is 196 g/mol. The number of nitrogens with one attached hydrogen (secondary N) is 2. The topological polar surface area (TPSA) is 67.4 Å². The van der Waals surface area contributed by atoms with E-state index >= 15 is 0 Å². The van der Waals surface area contributed by atoms with Gasteiger partial charge in [0, 0.05) is 12.6 Å². The number of carbonyl (C=O) groups is 2. The maximum Gasteiger partial charge on any atom is 0.251 e. The summed E-state index contributed by atoms with van der Waals surface area (Å²) in [6, 6.07) is 4.79. The standard InChI is InChI=1S/C10H12N2O3/c1-11-10(14)7-3-4-9(15-2)8(5-7)12-6-13/h3-6H,1-2H3,(H,11,14)(H,12,13). The van der Waals surface area contributed by atoms with E-state index in [0.29, 0.717) is 23.4 Å². The normalized spacial score (nSPS) is 9.20. The van der Waals surface area contributed by atoms with E-state index in [0.717, 1.165) is 0 Å². The fraction of sp³-hybridized carbons (Fsp3) is 0.200. The number of hydrogen-bond acceptors (Lipinski definition) is 3. The quantitative estimate of drug-likeness (QED) is 0.713. The van der Waals surface area contributed by atoms with E-state index in [1.807, 2.05) is 0 Å². The van der Waals surface area contributed by atoms with E-state index in [1.54, 1.807) is 25.2 Å². The summed E-state index contributed by atoms with van der Waals surface area (Å²) in [6.45, 7) is 0. The predicted octanol–water partition coefficient (Wildman–Crippen LogP) is 0.623. The van der Waals surface area contributed by atoms with Gasteiger partial charge in [-0.1, -0.05) is 0 Å². The molecule has 0 saturated carbocycles. The van der Waals surface area contributed by atoms with Crippen LogP contribution in [0.4, 0.5) is 5.69 Å². The van der Waals surface area contributed by atoms with Crippen molar-refractivity contribution in [1.29, 1.82) is 0 Å². The van der Waals surface area contributed by atoms with Crippen molar-refractivity contribution >= 4 is 18.0 Å². The first kappa shape index (κ1) is 11.0. The Bertz CT molecular complexity index is 377. The van der Waals surface area contributed by atoms with Crippen LogP contribution in [0.1, 0.15) is 10.4 Å². The van der Waals surface area contributed by atoms with Gasteiger partial charge in [0.2, 0.25) is 6.41 Å². The minimum absolute atomic E-state index is 0.216. The lowest BCUT2D eigenvalue weighted by molar-refractivity contribution is -0.105. The molecule has 5 heteroatoms. The van der Waals surface area contributed by atoms with E-state index in [9.17, 15) is 9.59 Å². The molecule has 0 radical (unpaired) electrons. The third-order valence-corrected chi connectivity index (χ3v) is 1.90. The van der Waals surface area contributed by atoms with E-state index in [1.165, 1.54) is 7.11 Å². The van der Waals surface area contributed by atoms with Crippen molar-refractivity contribution in [2.75, 3.05) is 19.5 Å². The summed E-state index contributed by atoms with van der Waals surface area (Å²) in [4.78, 5) is 21.6. The van der Waals surface area contributed by atoms with Gasteiger partial charge in [-0.3, -0.25) is 9.59 Å². The number of anilines is 1. The highest BCUT2D eigenvalue weighted by Crippen LogP contribution is 2.24. The molecule has 0 bridgehead atoms. The molecule has 0 fully saturated rings. The second kappa shape index (κ2) is 4.99. The largest absolute Gasteiger partial charge is 0.495 e. The van der Waals surface area contributed by atoms with Gasteiger partial charge in [0.05, 0.1) is 12.8 Å². The molecule has 1 aromatic rings. The first-order valence-corrected chi connectivity index (χ1v) is 4.33. The molecule has 0 unspecified atom stereocenters. The lowest BCUT2D eigenvalue weighted by atomic mass is 10.1. The molecule has 0 heterocycles. The number of amides is 2. The fourth-order valence-corrected chi connectivity index (χ4v) is 1.17. The Hall–Kier alpha value is -2.04. The molecule has 0 aliphatic rings. The zero-order valence-corrected chi connectivity index (χ0v) is 8.53. The maximum atomic E-state index is 11.3. The van der Waals surface area contributed by atoms with Crippen LogP contribution in [-0.4, -0.2) is 26.5 Å². The van der Waals surface area contributed by atoms with Crippen LogP contribution < -0.4 is 15.4 Å². The first-order valence-electron chi connectivity index (χ1n) is 4.33. The van der Waals surface area contributed by atoms with Crippen molar-refractivity contribution in [2.45, 2.75) is 0 Å². The summed E-state index contributed by atoms with van der Waals surface area (Å²) in [5.74, 6) is 0.293. The molecular formula is C10H12N2O3. The Morgan fingerprint density at radius 1 is 1.47 bits per heavy atom. The smallest absolute Gasteiger partial charge is 0.251 e. The predicted molar refractivity (Wildman–Crippen MR) is 56.1 cm³/mol. The average Bonchev–Trinajstić information content (AvgIpc) is 2.28. The van der Waals surface area contributed by atoms with E-state index in [2.05, 4.69) is 10.6 Å². The van der Waals surface area contributed by atoms with Crippen LogP contribution in [0.15, 0.2) is 18.2 Å². The number of hydrogen-bond donors (Lipinski definition) is 2. The molecule has 0 saturated heterocycles. The summed E-state index contributed by atoms with van der Waals surface area (Å²) in [6.07, 6.45) is 0.533. The minimum atomic E-state index is -0.216. The highest BCUT2D eigenvalue weighted by molar-refractivity contribution is 5.96. The van der Waals surface area contributed by atoms with Crippen molar-refractivity contribution in [3.63, 3.8) is 0 Å². The third kappa shape index (κ3) is 2.46. The van der Waals surface area contributed by atoms with Crippen LogP contribution in [0.2, 0.25) is 0 Å². The van der Waals surface area contributed by atoms with Crippen LogP contribution in [-0.2, 0) is 4.79 Å². The molecule has 0 aliphatic heterocycles. The van der Waals surface area contributed by atoms with Gasteiger partial charge in [0.15, 0.2) is 0 Å². The van der Waals surface area contributed by atoms with Gasteiger partial charge in [-0.25, -0.2) is 0 Å². The summed E-state index contributed by atoms with van der Waals surface area (Å²) >= 11 is 0. The average molecular weight is 208 g/mol. The second-order valence-corrected chi connectivity index (χ2v) is 2.76. The van der Waals surface area contributed by atoms with E-state index < -0.39 is 0 Å². The van der Waals surface area contributed by atoms with Crippen molar-refractivity contribution in [3.8, 4) is 5.75 Å². The fourth-order valence-electron chi connectivity index (χ4n) is 1.17. The lowest BCUT2D eigenvalue weighted by Crippen LogP contribution is -2.17. The van der Waals surface area contributed by atoms with Gasteiger partial charge in [0.25, 0.3) is 5.91 Å². The van der Waals surface area contributed by atoms with Gasteiger partial charge in [0.1, 0.15) is 5.75 Å². The molecule has 15 heavy (non-hydrogen) atoms. The molecule has 1 aromatic carbocycles. The van der Waals surface area contributed by atoms with Crippen molar-refractivity contribution < 1.29 is 14.3 Å². The molecule has 0 aliphatic carbocycles. The highest BCUT2D eigenvalue weighted by atomic mass is 16.5. The summed E-state index contributed by atoms with van der Waals surface area (Å²) in [5, 5.41) is 4.95. The summed E-state index contributed by atoms with van der Waals surface area (Å²) in [5.41, 5.74) is 0.927.